The fraction of sp³-hybridized carbons (Fsp3) is 0.0435. The largest absolute Gasteiger partial charge is 0.309 e. The molecule has 1 aliphatic rings. The summed E-state index contributed by atoms with van der Waals surface area (Å²) in [4.78, 5) is 0. The summed E-state index contributed by atoms with van der Waals surface area (Å²) in [6, 6.07) is 93.5. The average molecular weight is 909 g/mol. The standard InChI is InChI=1S/C27H20.C23H17N.C19H15N/c1-19-16-17-23-22-14-8-9-15-24(22)27(25(23)18-19)26(20-10-4-2-5-11-20)21-12-6-3-7-13-21;1-16-13-14-23-20(15-16)19-10-4-5-11-22(19)24(23)21-12-6-8-17-7-2-3-9-18(17)21;1-14-11-12-19-17(13-14)16-9-5-6-10-18(16)20(19)15-7-3-2-4-8-15/h2-18H,1H3;2-15H,1H3;2-13H,1H3. The van der Waals surface area contributed by atoms with Crippen LogP contribution in [0.25, 0.3) is 88.0 Å². The van der Waals surface area contributed by atoms with Gasteiger partial charge in [-0.2, -0.15) is 0 Å². The van der Waals surface area contributed by atoms with Gasteiger partial charge in [0.25, 0.3) is 0 Å². The molecule has 0 unspecified atom stereocenters. The fourth-order valence-electron chi connectivity index (χ4n) is 10.8. The zero-order chi connectivity index (χ0) is 47.8. The van der Waals surface area contributed by atoms with Crippen LogP contribution in [0.4, 0.5) is 0 Å². The molecule has 0 N–H and O–H groups in total. The Morgan fingerprint density at radius 1 is 0.282 bits per heavy atom. The van der Waals surface area contributed by atoms with Crippen molar-refractivity contribution in [1.29, 1.82) is 0 Å². The van der Waals surface area contributed by atoms with Crippen molar-refractivity contribution in [3.63, 3.8) is 0 Å². The van der Waals surface area contributed by atoms with Gasteiger partial charge < -0.3 is 9.13 Å². The number of nitrogens with zero attached hydrogens (tertiary/aromatic N) is 2. The Hall–Kier alpha value is -8.98. The molecule has 2 heterocycles. The lowest BCUT2D eigenvalue weighted by Gasteiger charge is -2.15. The van der Waals surface area contributed by atoms with Crippen LogP contribution in [-0.2, 0) is 0 Å². The molecule has 1 aliphatic carbocycles. The van der Waals surface area contributed by atoms with Crippen molar-refractivity contribution in [2.45, 2.75) is 20.8 Å². The maximum atomic E-state index is 2.40. The Bertz CT molecular complexity index is 4070. The molecule has 11 aromatic carbocycles. The van der Waals surface area contributed by atoms with Gasteiger partial charge in [-0.1, -0.05) is 223 Å². The Labute approximate surface area is 415 Å². The van der Waals surface area contributed by atoms with Gasteiger partial charge in [0.15, 0.2) is 0 Å². The van der Waals surface area contributed by atoms with Gasteiger partial charge in [-0.25, -0.2) is 0 Å². The Balaban J connectivity index is 0.000000110. The first kappa shape index (κ1) is 43.3. The van der Waals surface area contributed by atoms with Gasteiger partial charge in [0.2, 0.25) is 0 Å². The van der Waals surface area contributed by atoms with E-state index in [0.29, 0.717) is 0 Å². The average Bonchev–Trinajstić information content (AvgIpc) is 4.04. The first-order valence-corrected chi connectivity index (χ1v) is 24.6. The highest BCUT2D eigenvalue weighted by molar-refractivity contribution is 6.14. The van der Waals surface area contributed by atoms with E-state index in [1.165, 1.54) is 127 Å². The Kier molecular flexibility index (Phi) is 11.3. The topological polar surface area (TPSA) is 9.86 Å². The van der Waals surface area contributed by atoms with Crippen molar-refractivity contribution in [3.8, 4) is 22.5 Å². The lowest BCUT2D eigenvalue weighted by Crippen LogP contribution is -1.94. The van der Waals surface area contributed by atoms with Crippen molar-refractivity contribution in [1.82, 2.24) is 9.13 Å². The number of para-hydroxylation sites is 3. The molecule has 0 bridgehead atoms. The molecule has 338 valence electrons. The third-order valence-corrected chi connectivity index (χ3v) is 14.0. The van der Waals surface area contributed by atoms with Crippen LogP contribution >= 0.6 is 0 Å². The molecule has 2 aromatic heterocycles. The van der Waals surface area contributed by atoms with Crippen LogP contribution in [0.2, 0.25) is 0 Å². The molecule has 2 heteroatoms. The lowest BCUT2D eigenvalue weighted by atomic mass is 9.88. The fourth-order valence-corrected chi connectivity index (χ4v) is 10.8. The molecular formula is C69H52N2. The van der Waals surface area contributed by atoms with E-state index in [0.717, 1.165) is 0 Å². The van der Waals surface area contributed by atoms with E-state index >= 15 is 0 Å². The maximum Gasteiger partial charge on any atom is 0.0541 e. The normalized spacial score (nSPS) is 11.6. The van der Waals surface area contributed by atoms with Crippen LogP contribution in [0, 0.1) is 20.8 Å². The molecule has 0 amide bonds. The molecule has 2 nitrogen and oxygen atoms in total. The summed E-state index contributed by atoms with van der Waals surface area (Å²) in [5.74, 6) is 0. The first-order chi connectivity index (χ1) is 35.0. The van der Waals surface area contributed by atoms with Crippen molar-refractivity contribution in [2.24, 2.45) is 0 Å². The quantitative estimate of drug-likeness (QED) is 0.167. The van der Waals surface area contributed by atoms with Crippen LogP contribution in [0.15, 0.2) is 261 Å². The van der Waals surface area contributed by atoms with Crippen LogP contribution < -0.4 is 0 Å². The third-order valence-electron chi connectivity index (χ3n) is 14.0. The molecule has 14 rings (SSSR count). The molecule has 0 spiro atoms. The Morgan fingerprint density at radius 3 is 1.35 bits per heavy atom. The monoisotopic (exact) mass is 908 g/mol. The highest BCUT2D eigenvalue weighted by Crippen LogP contribution is 2.49. The summed E-state index contributed by atoms with van der Waals surface area (Å²) in [5.41, 5.74) is 21.8. The minimum Gasteiger partial charge on any atom is -0.309 e. The zero-order valence-corrected chi connectivity index (χ0v) is 40.2. The highest BCUT2D eigenvalue weighted by Gasteiger charge is 2.27. The van der Waals surface area contributed by atoms with E-state index in [2.05, 4.69) is 291 Å². The van der Waals surface area contributed by atoms with Gasteiger partial charge in [-0.3, -0.25) is 0 Å². The summed E-state index contributed by atoms with van der Waals surface area (Å²) in [7, 11) is 0. The number of rotatable bonds is 4. The minimum atomic E-state index is 1.21. The Morgan fingerprint density at radius 2 is 0.718 bits per heavy atom. The van der Waals surface area contributed by atoms with Crippen molar-refractivity contribution < 1.29 is 0 Å². The molecule has 0 radical (unpaired) electrons. The van der Waals surface area contributed by atoms with E-state index in [-0.39, 0.29) is 0 Å². The number of benzene rings is 11. The summed E-state index contributed by atoms with van der Waals surface area (Å²) in [5, 5.41) is 7.82. The van der Waals surface area contributed by atoms with Crippen molar-refractivity contribution >= 4 is 65.5 Å². The smallest absolute Gasteiger partial charge is 0.0541 e. The number of aromatic nitrogens is 2. The maximum absolute atomic E-state index is 2.40. The van der Waals surface area contributed by atoms with Crippen LogP contribution in [-0.4, -0.2) is 9.13 Å². The second-order valence-corrected chi connectivity index (χ2v) is 18.7. The number of hydrogen-bond donors (Lipinski definition) is 0. The van der Waals surface area contributed by atoms with E-state index in [9.17, 15) is 0 Å². The van der Waals surface area contributed by atoms with Gasteiger partial charge in [-0.15, -0.1) is 0 Å². The van der Waals surface area contributed by atoms with Crippen molar-refractivity contribution in [2.75, 3.05) is 0 Å². The second kappa shape index (κ2) is 18.5. The van der Waals surface area contributed by atoms with Crippen LogP contribution in [0.3, 0.4) is 0 Å². The van der Waals surface area contributed by atoms with E-state index in [4.69, 9.17) is 0 Å². The van der Waals surface area contributed by atoms with Gasteiger partial charge in [0, 0.05) is 32.6 Å². The summed E-state index contributed by atoms with van der Waals surface area (Å²) >= 11 is 0. The second-order valence-electron chi connectivity index (χ2n) is 18.7. The molecule has 0 saturated heterocycles. The van der Waals surface area contributed by atoms with E-state index in [1.807, 2.05) is 0 Å². The third kappa shape index (κ3) is 7.90. The summed E-state index contributed by atoms with van der Waals surface area (Å²) < 4.78 is 4.73. The van der Waals surface area contributed by atoms with Gasteiger partial charge in [0.05, 0.1) is 27.8 Å². The molecule has 0 aliphatic heterocycles. The zero-order valence-electron chi connectivity index (χ0n) is 40.2. The number of hydrogen-bond acceptors (Lipinski definition) is 0. The summed E-state index contributed by atoms with van der Waals surface area (Å²) in [6.45, 7) is 6.48. The van der Waals surface area contributed by atoms with Crippen LogP contribution in [0.1, 0.15) is 38.9 Å². The molecule has 0 atom stereocenters. The first-order valence-electron chi connectivity index (χ1n) is 24.6. The van der Waals surface area contributed by atoms with Gasteiger partial charge >= 0.3 is 0 Å². The molecule has 71 heavy (non-hydrogen) atoms. The molecule has 0 fully saturated rings. The number of aryl methyl sites for hydroxylation is 3. The van der Waals surface area contributed by atoms with E-state index in [1.54, 1.807) is 0 Å². The predicted molar refractivity (Wildman–Crippen MR) is 303 cm³/mol. The minimum absolute atomic E-state index is 1.21. The summed E-state index contributed by atoms with van der Waals surface area (Å²) in [6.07, 6.45) is 0. The number of fused-ring (bicyclic) bond motifs is 10. The lowest BCUT2D eigenvalue weighted by molar-refractivity contribution is 1.18. The molecule has 13 aromatic rings. The van der Waals surface area contributed by atoms with Crippen LogP contribution in [0.5, 0.6) is 0 Å². The predicted octanol–water partition coefficient (Wildman–Crippen LogP) is 18.3. The van der Waals surface area contributed by atoms with Gasteiger partial charge in [-0.05, 0) is 125 Å². The highest BCUT2D eigenvalue weighted by atomic mass is 15.0. The SMILES string of the molecule is Cc1ccc2c(c1)C(=C(c1ccccc1)c1ccccc1)c1ccccc1-2.Cc1ccc2c(c1)c1ccccc1n2-c1cccc2ccccc12.Cc1ccc2c(c1)c1ccccc1n2-c1ccccc1. The van der Waals surface area contributed by atoms with E-state index < -0.39 is 0 Å². The molecular weight excluding hydrogens is 857 g/mol. The van der Waals surface area contributed by atoms with Crippen molar-refractivity contribution in [3.05, 3.63) is 300 Å². The molecule has 0 saturated carbocycles. The van der Waals surface area contributed by atoms with Gasteiger partial charge in [0.1, 0.15) is 0 Å².